The molecule has 0 amide bonds. The molecule has 0 saturated heterocycles. The van der Waals surface area contributed by atoms with Crippen LogP contribution in [0.2, 0.25) is 0 Å². The first kappa shape index (κ1) is 20.7. The van der Waals surface area contributed by atoms with E-state index in [-0.39, 0.29) is 31.4 Å². The van der Waals surface area contributed by atoms with E-state index in [1.165, 1.54) is 16.8 Å². The van der Waals surface area contributed by atoms with E-state index in [4.69, 9.17) is 0 Å². The number of aromatic nitrogens is 5. The Hall–Kier alpha value is -3.17. The minimum Gasteiger partial charge on any atom is -0.352 e. The quantitative estimate of drug-likeness (QED) is 0.410. The molecule has 5 rings (SSSR count). The SMILES string of the molecule is Cc1nc2c(F)cc(-c3ccn4nc(NCC5(C(F)(F)F)CC5)ncc34)cc2n1C(C)C. The summed E-state index contributed by atoms with van der Waals surface area (Å²) in [5, 5.41) is 7.00. The summed E-state index contributed by atoms with van der Waals surface area (Å²) >= 11 is 0. The minimum atomic E-state index is -4.24. The number of nitrogens with zero attached hydrogens (tertiary/aromatic N) is 5. The third-order valence-corrected chi connectivity index (χ3v) is 6.21. The lowest BCUT2D eigenvalue weighted by Crippen LogP contribution is -2.32. The van der Waals surface area contributed by atoms with Gasteiger partial charge in [0, 0.05) is 24.3 Å². The highest BCUT2D eigenvalue weighted by atomic mass is 19.4. The number of fused-ring (bicyclic) bond motifs is 2. The number of benzene rings is 1. The molecule has 1 fully saturated rings. The van der Waals surface area contributed by atoms with Crippen molar-refractivity contribution in [3.8, 4) is 11.1 Å². The van der Waals surface area contributed by atoms with Gasteiger partial charge in [-0.1, -0.05) is 0 Å². The number of hydrogen-bond acceptors (Lipinski definition) is 4. The van der Waals surface area contributed by atoms with Crippen molar-refractivity contribution in [1.29, 1.82) is 0 Å². The molecule has 1 aromatic carbocycles. The maximum Gasteiger partial charge on any atom is 0.396 e. The first-order valence-electron chi connectivity index (χ1n) is 10.4. The fraction of sp³-hybridized carbons (Fsp3) is 0.409. The molecule has 0 unspecified atom stereocenters. The van der Waals surface area contributed by atoms with Gasteiger partial charge in [-0.15, -0.1) is 5.10 Å². The second-order valence-electron chi connectivity index (χ2n) is 8.72. The van der Waals surface area contributed by atoms with Gasteiger partial charge in [0.1, 0.15) is 11.3 Å². The van der Waals surface area contributed by atoms with Gasteiger partial charge in [-0.3, -0.25) is 0 Å². The van der Waals surface area contributed by atoms with Crippen LogP contribution >= 0.6 is 0 Å². The van der Waals surface area contributed by atoms with E-state index in [0.29, 0.717) is 22.1 Å². The van der Waals surface area contributed by atoms with Gasteiger partial charge < -0.3 is 9.88 Å². The summed E-state index contributed by atoms with van der Waals surface area (Å²) in [6.07, 6.45) is -0.805. The molecule has 0 atom stereocenters. The van der Waals surface area contributed by atoms with Gasteiger partial charge in [-0.2, -0.15) is 13.2 Å². The van der Waals surface area contributed by atoms with Crippen molar-refractivity contribution >= 4 is 22.5 Å². The maximum absolute atomic E-state index is 14.9. The number of hydrogen-bond donors (Lipinski definition) is 1. The molecule has 1 saturated carbocycles. The number of halogens is 4. The molecule has 3 aromatic heterocycles. The fourth-order valence-electron chi connectivity index (χ4n) is 4.26. The summed E-state index contributed by atoms with van der Waals surface area (Å²) in [4.78, 5) is 8.55. The maximum atomic E-state index is 14.9. The zero-order chi connectivity index (χ0) is 22.8. The van der Waals surface area contributed by atoms with Crippen LogP contribution in [0, 0.1) is 18.2 Å². The minimum absolute atomic E-state index is 0.111. The lowest BCUT2D eigenvalue weighted by Gasteiger charge is -2.19. The Morgan fingerprint density at radius 1 is 1.19 bits per heavy atom. The first-order chi connectivity index (χ1) is 15.1. The molecule has 0 aliphatic heterocycles. The van der Waals surface area contributed by atoms with Crippen LogP contribution in [0.3, 0.4) is 0 Å². The van der Waals surface area contributed by atoms with Crippen LogP contribution in [0.1, 0.15) is 38.6 Å². The van der Waals surface area contributed by atoms with Gasteiger partial charge in [0.2, 0.25) is 5.95 Å². The standard InChI is InChI=1S/C22H22F4N6/c1-12(2)32-13(3)29-19-16(23)8-14(9-17(19)32)15-4-7-31-18(15)10-27-20(30-31)28-11-21(5-6-21)22(24,25)26/h4,7-10,12H,5-6,11H2,1-3H3,(H,28,30). The Balaban J connectivity index is 1.49. The van der Waals surface area contributed by atoms with Gasteiger partial charge >= 0.3 is 6.18 Å². The zero-order valence-corrected chi connectivity index (χ0v) is 17.8. The van der Waals surface area contributed by atoms with Crippen LogP contribution in [0.4, 0.5) is 23.5 Å². The lowest BCUT2D eigenvalue weighted by molar-refractivity contribution is -0.182. The molecule has 1 aliphatic carbocycles. The van der Waals surface area contributed by atoms with Crippen LogP contribution in [0.15, 0.2) is 30.6 Å². The lowest BCUT2D eigenvalue weighted by atomic mass is 10.1. The zero-order valence-electron chi connectivity index (χ0n) is 17.8. The second-order valence-corrected chi connectivity index (χ2v) is 8.72. The number of rotatable bonds is 5. The van der Waals surface area contributed by atoms with E-state index in [0.717, 1.165) is 11.4 Å². The number of anilines is 1. The van der Waals surface area contributed by atoms with Crippen molar-refractivity contribution in [3.63, 3.8) is 0 Å². The molecule has 0 radical (unpaired) electrons. The van der Waals surface area contributed by atoms with E-state index >= 15 is 0 Å². The topological polar surface area (TPSA) is 60.0 Å². The molecule has 168 valence electrons. The molecular formula is C22H22F4N6. The van der Waals surface area contributed by atoms with Gasteiger partial charge in [0.15, 0.2) is 5.82 Å². The molecule has 4 aromatic rings. The predicted octanol–water partition coefficient (Wildman–Crippen LogP) is 5.53. The van der Waals surface area contributed by atoms with Gasteiger partial charge in [-0.05, 0) is 57.4 Å². The smallest absolute Gasteiger partial charge is 0.352 e. The molecule has 1 N–H and O–H groups in total. The molecule has 10 heteroatoms. The Morgan fingerprint density at radius 3 is 2.59 bits per heavy atom. The van der Waals surface area contributed by atoms with Crippen molar-refractivity contribution in [2.45, 2.75) is 45.8 Å². The molecule has 3 heterocycles. The Labute approximate surface area is 181 Å². The van der Waals surface area contributed by atoms with Crippen LogP contribution in [-0.4, -0.2) is 36.9 Å². The third-order valence-electron chi connectivity index (χ3n) is 6.21. The highest BCUT2D eigenvalue weighted by Gasteiger charge is 2.62. The van der Waals surface area contributed by atoms with Gasteiger partial charge in [0.05, 0.1) is 22.6 Å². The number of nitrogens with one attached hydrogen (secondary N) is 1. The molecule has 0 spiro atoms. The first-order valence-corrected chi connectivity index (χ1v) is 10.4. The van der Waals surface area contributed by atoms with E-state index in [1.54, 1.807) is 12.3 Å². The van der Waals surface area contributed by atoms with Crippen molar-refractivity contribution in [2.24, 2.45) is 5.41 Å². The van der Waals surface area contributed by atoms with Crippen LogP contribution in [0.25, 0.3) is 27.7 Å². The van der Waals surface area contributed by atoms with Crippen LogP contribution in [-0.2, 0) is 0 Å². The highest BCUT2D eigenvalue weighted by molar-refractivity contribution is 5.88. The van der Waals surface area contributed by atoms with E-state index in [9.17, 15) is 17.6 Å². The normalized spacial score (nSPS) is 15.8. The number of aryl methyl sites for hydroxylation is 1. The summed E-state index contributed by atoms with van der Waals surface area (Å²) in [5.74, 6) is 0.435. The molecular weight excluding hydrogens is 424 g/mol. The Morgan fingerprint density at radius 2 is 1.94 bits per heavy atom. The second kappa shape index (κ2) is 6.91. The van der Waals surface area contributed by atoms with Crippen molar-refractivity contribution < 1.29 is 17.6 Å². The summed E-state index contributed by atoms with van der Waals surface area (Å²) in [7, 11) is 0. The average Bonchev–Trinajstić information content (AvgIpc) is 3.29. The van der Waals surface area contributed by atoms with E-state index in [2.05, 4.69) is 20.4 Å². The highest BCUT2D eigenvalue weighted by Crippen LogP contribution is 2.57. The Bertz CT molecular complexity index is 1330. The van der Waals surface area contributed by atoms with Crippen molar-refractivity contribution in [1.82, 2.24) is 24.1 Å². The van der Waals surface area contributed by atoms with Crippen molar-refractivity contribution in [2.75, 3.05) is 11.9 Å². The summed E-state index contributed by atoms with van der Waals surface area (Å²) in [5.41, 5.74) is 1.34. The number of alkyl halides is 3. The average molecular weight is 446 g/mol. The summed E-state index contributed by atoms with van der Waals surface area (Å²) in [6.45, 7) is 5.62. The van der Waals surface area contributed by atoms with E-state index in [1.807, 2.05) is 31.4 Å². The molecule has 6 nitrogen and oxygen atoms in total. The van der Waals surface area contributed by atoms with Gasteiger partial charge in [0.25, 0.3) is 0 Å². The van der Waals surface area contributed by atoms with Gasteiger partial charge in [-0.25, -0.2) is 18.9 Å². The van der Waals surface area contributed by atoms with Crippen LogP contribution in [0.5, 0.6) is 0 Å². The Kier molecular flexibility index (Phi) is 4.48. The monoisotopic (exact) mass is 446 g/mol. The van der Waals surface area contributed by atoms with Crippen LogP contribution < -0.4 is 5.32 Å². The molecule has 1 aliphatic rings. The fourth-order valence-corrected chi connectivity index (χ4v) is 4.26. The third kappa shape index (κ3) is 3.20. The molecule has 32 heavy (non-hydrogen) atoms. The summed E-state index contributed by atoms with van der Waals surface area (Å²) < 4.78 is 57.8. The number of imidazole rings is 1. The predicted molar refractivity (Wildman–Crippen MR) is 113 cm³/mol. The summed E-state index contributed by atoms with van der Waals surface area (Å²) in [6, 6.07) is 5.22. The largest absolute Gasteiger partial charge is 0.396 e. The van der Waals surface area contributed by atoms with Crippen molar-refractivity contribution in [3.05, 3.63) is 42.2 Å². The molecule has 0 bridgehead atoms. The van der Waals surface area contributed by atoms with E-state index < -0.39 is 17.4 Å².